The number of benzene rings is 1. The van der Waals surface area contributed by atoms with Gasteiger partial charge in [-0.05, 0) is 19.4 Å². The minimum Gasteiger partial charge on any atom is -0.337 e. The molecule has 0 radical (unpaired) electrons. The van der Waals surface area contributed by atoms with E-state index in [1.165, 1.54) is 0 Å². The predicted octanol–water partition coefficient (Wildman–Crippen LogP) is 2.79. The van der Waals surface area contributed by atoms with Crippen molar-refractivity contribution in [3.05, 3.63) is 36.2 Å². The van der Waals surface area contributed by atoms with E-state index < -0.39 is 0 Å². The molecule has 1 unspecified atom stereocenters. The van der Waals surface area contributed by atoms with E-state index in [-0.39, 0.29) is 6.04 Å². The van der Waals surface area contributed by atoms with Crippen molar-refractivity contribution in [3.8, 4) is 17.5 Å². The molecule has 0 bridgehead atoms. The average Bonchev–Trinajstić information content (AvgIpc) is 2.99. The van der Waals surface area contributed by atoms with Crippen LogP contribution in [0.1, 0.15) is 31.2 Å². The number of nitriles is 1. The molecular formula is C15H16N4O. The Bertz CT molecular complexity index is 602. The number of hydrogen-bond acceptors (Lipinski definition) is 5. The second-order valence-corrected chi connectivity index (χ2v) is 4.96. The Morgan fingerprint density at radius 2 is 2.15 bits per heavy atom. The molecule has 1 aliphatic heterocycles. The van der Waals surface area contributed by atoms with Crippen LogP contribution in [0.5, 0.6) is 0 Å². The van der Waals surface area contributed by atoms with Gasteiger partial charge in [0.15, 0.2) is 0 Å². The zero-order chi connectivity index (χ0) is 13.8. The number of piperidine rings is 1. The Morgan fingerprint density at radius 1 is 1.30 bits per heavy atom. The minimum absolute atomic E-state index is 0.0772. The molecule has 3 rings (SSSR count). The van der Waals surface area contributed by atoms with Crippen LogP contribution in [-0.4, -0.2) is 28.1 Å². The second-order valence-electron chi connectivity index (χ2n) is 4.96. The van der Waals surface area contributed by atoms with E-state index in [1.54, 1.807) is 0 Å². The summed E-state index contributed by atoms with van der Waals surface area (Å²) in [7, 11) is 0. The average molecular weight is 268 g/mol. The molecule has 5 heteroatoms. The Kier molecular flexibility index (Phi) is 3.75. The van der Waals surface area contributed by atoms with E-state index in [0.29, 0.717) is 18.3 Å². The van der Waals surface area contributed by atoms with Crippen molar-refractivity contribution in [1.82, 2.24) is 15.0 Å². The summed E-state index contributed by atoms with van der Waals surface area (Å²) in [6, 6.07) is 12.1. The predicted molar refractivity (Wildman–Crippen MR) is 73.5 cm³/mol. The summed E-state index contributed by atoms with van der Waals surface area (Å²) in [6.07, 6.45) is 3.23. The van der Waals surface area contributed by atoms with Gasteiger partial charge in [-0.1, -0.05) is 41.9 Å². The van der Waals surface area contributed by atoms with E-state index >= 15 is 0 Å². The maximum Gasteiger partial charge on any atom is 0.244 e. The van der Waals surface area contributed by atoms with Gasteiger partial charge in [0.05, 0.1) is 18.7 Å². The highest BCUT2D eigenvalue weighted by atomic mass is 16.5. The van der Waals surface area contributed by atoms with Crippen LogP contribution in [0.3, 0.4) is 0 Å². The van der Waals surface area contributed by atoms with Crippen molar-refractivity contribution in [2.24, 2.45) is 0 Å². The minimum atomic E-state index is 0.0772. The summed E-state index contributed by atoms with van der Waals surface area (Å²) in [6.45, 7) is 1.33. The van der Waals surface area contributed by atoms with Crippen LogP contribution >= 0.6 is 0 Å². The third kappa shape index (κ3) is 2.56. The van der Waals surface area contributed by atoms with Gasteiger partial charge < -0.3 is 4.52 Å². The molecule has 0 spiro atoms. The van der Waals surface area contributed by atoms with Crippen LogP contribution in [0.4, 0.5) is 0 Å². The van der Waals surface area contributed by atoms with Crippen molar-refractivity contribution < 1.29 is 4.52 Å². The van der Waals surface area contributed by atoms with Crippen molar-refractivity contribution >= 4 is 0 Å². The van der Waals surface area contributed by atoms with Gasteiger partial charge in [0.25, 0.3) is 0 Å². The van der Waals surface area contributed by atoms with Gasteiger partial charge in [-0.3, -0.25) is 4.90 Å². The molecule has 102 valence electrons. The first kappa shape index (κ1) is 12.8. The molecule has 1 aliphatic rings. The van der Waals surface area contributed by atoms with Gasteiger partial charge in [0, 0.05) is 5.56 Å². The molecule has 1 aromatic carbocycles. The molecule has 0 saturated carbocycles. The van der Waals surface area contributed by atoms with Gasteiger partial charge in [-0.25, -0.2) is 0 Å². The standard InChI is InChI=1S/C15H16N4O/c16-9-11-19-10-5-4-8-13(19)15-17-14(18-20-15)12-6-2-1-3-7-12/h1-3,6-7,13H,4-5,8,10-11H2. The summed E-state index contributed by atoms with van der Waals surface area (Å²) in [4.78, 5) is 6.62. The quantitative estimate of drug-likeness (QED) is 0.801. The highest BCUT2D eigenvalue weighted by Crippen LogP contribution is 2.30. The maximum absolute atomic E-state index is 8.91. The van der Waals surface area contributed by atoms with Gasteiger partial charge >= 0.3 is 0 Å². The van der Waals surface area contributed by atoms with Crippen molar-refractivity contribution in [3.63, 3.8) is 0 Å². The lowest BCUT2D eigenvalue weighted by atomic mass is 10.0. The van der Waals surface area contributed by atoms with Crippen molar-refractivity contribution in [2.75, 3.05) is 13.1 Å². The zero-order valence-corrected chi connectivity index (χ0v) is 11.2. The van der Waals surface area contributed by atoms with Crippen LogP contribution in [0, 0.1) is 11.3 Å². The highest BCUT2D eigenvalue weighted by Gasteiger charge is 2.28. The van der Waals surface area contributed by atoms with Crippen LogP contribution in [-0.2, 0) is 0 Å². The van der Waals surface area contributed by atoms with Crippen LogP contribution in [0.15, 0.2) is 34.9 Å². The van der Waals surface area contributed by atoms with Crippen LogP contribution in [0.2, 0.25) is 0 Å². The molecule has 1 atom stereocenters. The maximum atomic E-state index is 8.91. The normalized spacial score (nSPS) is 19.6. The van der Waals surface area contributed by atoms with E-state index in [9.17, 15) is 0 Å². The van der Waals surface area contributed by atoms with Crippen LogP contribution < -0.4 is 0 Å². The SMILES string of the molecule is N#CCN1CCCCC1c1nc(-c2ccccc2)no1. The number of aromatic nitrogens is 2. The third-order valence-corrected chi connectivity index (χ3v) is 3.65. The van der Waals surface area contributed by atoms with Crippen molar-refractivity contribution in [1.29, 1.82) is 5.26 Å². The molecule has 0 aliphatic carbocycles. The lowest BCUT2D eigenvalue weighted by molar-refractivity contribution is 0.135. The third-order valence-electron chi connectivity index (χ3n) is 3.65. The topological polar surface area (TPSA) is 66.0 Å². The molecule has 20 heavy (non-hydrogen) atoms. The largest absolute Gasteiger partial charge is 0.337 e. The lowest BCUT2D eigenvalue weighted by Crippen LogP contribution is -2.33. The molecule has 0 N–H and O–H groups in total. The molecular weight excluding hydrogens is 252 g/mol. The van der Waals surface area contributed by atoms with Crippen molar-refractivity contribution in [2.45, 2.75) is 25.3 Å². The molecule has 2 heterocycles. The summed E-state index contributed by atoms with van der Waals surface area (Å²) in [5.41, 5.74) is 0.949. The fourth-order valence-corrected chi connectivity index (χ4v) is 2.63. The lowest BCUT2D eigenvalue weighted by Gasteiger charge is -2.30. The number of rotatable bonds is 3. The molecule has 2 aromatic rings. The number of likely N-dealkylation sites (tertiary alicyclic amines) is 1. The van der Waals surface area contributed by atoms with Gasteiger partial charge in [0.1, 0.15) is 0 Å². The Morgan fingerprint density at radius 3 is 2.95 bits per heavy atom. The fraction of sp³-hybridized carbons (Fsp3) is 0.400. The summed E-state index contributed by atoms with van der Waals surface area (Å²) >= 11 is 0. The monoisotopic (exact) mass is 268 g/mol. The summed E-state index contributed by atoms with van der Waals surface area (Å²) in [5, 5.41) is 13.0. The first-order chi connectivity index (χ1) is 9.88. The zero-order valence-electron chi connectivity index (χ0n) is 11.2. The summed E-state index contributed by atoms with van der Waals surface area (Å²) < 4.78 is 5.42. The first-order valence-electron chi connectivity index (χ1n) is 6.88. The smallest absolute Gasteiger partial charge is 0.244 e. The number of hydrogen-bond donors (Lipinski definition) is 0. The molecule has 5 nitrogen and oxygen atoms in total. The summed E-state index contributed by atoms with van der Waals surface area (Å²) in [5.74, 6) is 1.24. The highest BCUT2D eigenvalue weighted by molar-refractivity contribution is 5.53. The van der Waals surface area contributed by atoms with Crippen LogP contribution in [0.25, 0.3) is 11.4 Å². The fourth-order valence-electron chi connectivity index (χ4n) is 2.63. The Hall–Kier alpha value is -2.19. The number of nitrogens with zero attached hydrogens (tertiary/aromatic N) is 4. The van der Waals surface area contributed by atoms with E-state index in [0.717, 1.165) is 31.4 Å². The molecule has 1 saturated heterocycles. The first-order valence-corrected chi connectivity index (χ1v) is 6.88. The molecule has 1 aromatic heterocycles. The van der Waals surface area contributed by atoms with Gasteiger partial charge in [0.2, 0.25) is 11.7 Å². The Labute approximate surface area is 117 Å². The van der Waals surface area contributed by atoms with E-state index in [2.05, 4.69) is 21.1 Å². The van der Waals surface area contributed by atoms with Gasteiger partial charge in [-0.15, -0.1) is 0 Å². The molecule has 1 fully saturated rings. The Balaban J connectivity index is 1.84. The van der Waals surface area contributed by atoms with Gasteiger partial charge in [-0.2, -0.15) is 10.2 Å². The molecule has 0 amide bonds. The van der Waals surface area contributed by atoms with E-state index in [4.69, 9.17) is 9.78 Å². The second kappa shape index (κ2) is 5.85. The van der Waals surface area contributed by atoms with E-state index in [1.807, 2.05) is 30.3 Å².